The lowest BCUT2D eigenvalue weighted by Crippen LogP contribution is -2.40. The molecule has 0 saturated carbocycles. The third-order valence-corrected chi connectivity index (χ3v) is 4.80. The Morgan fingerprint density at radius 3 is 2.00 bits per heavy atom. The zero-order chi connectivity index (χ0) is 20.8. The average molecular weight is 398 g/mol. The van der Waals surface area contributed by atoms with Crippen molar-refractivity contribution in [2.75, 3.05) is 6.61 Å². The second kappa shape index (κ2) is 8.74. The van der Waals surface area contributed by atoms with Gasteiger partial charge in [0.05, 0.1) is 24.5 Å². The van der Waals surface area contributed by atoms with Crippen molar-refractivity contribution in [2.45, 2.75) is 19.1 Å². The molecule has 1 atom stereocenters. The number of carbonyl (C=O) groups is 1. The van der Waals surface area contributed by atoms with E-state index >= 15 is 0 Å². The lowest BCUT2D eigenvalue weighted by Gasteiger charge is -2.22. The van der Waals surface area contributed by atoms with Crippen LogP contribution in [0.4, 0.5) is 0 Å². The van der Waals surface area contributed by atoms with Crippen molar-refractivity contribution in [2.24, 2.45) is 10.1 Å². The number of carbonyl (C=O) groups excluding carboxylic acids is 1. The molecular weight excluding hydrogens is 376 g/mol. The van der Waals surface area contributed by atoms with E-state index in [9.17, 15) is 4.79 Å². The largest absolute Gasteiger partial charge is 0.461 e. The first-order chi connectivity index (χ1) is 14.7. The Morgan fingerprint density at radius 2 is 1.47 bits per heavy atom. The van der Waals surface area contributed by atoms with E-state index in [1.54, 1.807) is 6.92 Å². The first-order valence-electron chi connectivity index (χ1n) is 9.90. The maximum absolute atomic E-state index is 13.0. The standard InChI is InChI=1S/C25H22N2O3/c1-2-29-24(28)25(18-22(27-30-25)19-12-6-3-7-13-19)26-23(20-14-8-4-9-15-20)21-16-10-5-11-17-21/h3-17H,2,18H2,1H3. The van der Waals surface area contributed by atoms with Crippen molar-refractivity contribution >= 4 is 17.4 Å². The van der Waals surface area contributed by atoms with Crippen molar-refractivity contribution < 1.29 is 14.4 Å². The van der Waals surface area contributed by atoms with Gasteiger partial charge in [-0.1, -0.05) is 96.2 Å². The summed E-state index contributed by atoms with van der Waals surface area (Å²) in [6.07, 6.45) is 0.193. The van der Waals surface area contributed by atoms with E-state index in [2.05, 4.69) is 5.16 Å². The van der Waals surface area contributed by atoms with Gasteiger partial charge >= 0.3 is 11.7 Å². The van der Waals surface area contributed by atoms with Crippen LogP contribution in [0.15, 0.2) is 101 Å². The molecule has 0 aromatic heterocycles. The zero-order valence-electron chi connectivity index (χ0n) is 16.7. The summed E-state index contributed by atoms with van der Waals surface area (Å²) in [5.41, 5.74) is 2.39. The van der Waals surface area contributed by atoms with Gasteiger partial charge in [-0.05, 0) is 12.5 Å². The summed E-state index contributed by atoms with van der Waals surface area (Å²) in [5.74, 6) is -0.552. The molecule has 3 aromatic rings. The number of aliphatic imine (C=N–C) groups is 1. The Bertz CT molecular complexity index is 1020. The predicted molar refractivity (Wildman–Crippen MR) is 117 cm³/mol. The summed E-state index contributed by atoms with van der Waals surface area (Å²) in [7, 11) is 0. The van der Waals surface area contributed by atoms with Gasteiger partial charge in [0.15, 0.2) is 0 Å². The van der Waals surface area contributed by atoms with Crippen molar-refractivity contribution in [1.82, 2.24) is 0 Å². The lowest BCUT2D eigenvalue weighted by atomic mass is 9.98. The Morgan fingerprint density at radius 1 is 0.933 bits per heavy atom. The zero-order valence-corrected chi connectivity index (χ0v) is 16.7. The molecule has 1 heterocycles. The smallest absolute Gasteiger partial charge is 0.377 e. The summed E-state index contributed by atoms with van der Waals surface area (Å²) in [4.78, 5) is 23.6. The van der Waals surface area contributed by atoms with Crippen molar-refractivity contribution in [1.29, 1.82) is 0 Å². The summed E-state index contributed by atoms with van der Waals surface area (Å²) in [6, 6.07) is 29.1. The van der Waals surface area contributed by atoms with Crippen LogP contribution in [-0.4, -0.2) is 29.7 Å². The molecule has 0 fully saturated rings. The van der Waals surface area contributed by atoms with Gasteiger partial charge in [0.25, 0.3) is 0 Å². The highest BCUT2D eigenvalue weighted by Gasteiger charge is 2.49. The van der Waals surface area contributed by atoms with Crippen LogP contribution in [0.1, 0.15) is 30.0 Å². The molecule has 30 heavy (non-hydrogen) atoms. The topological polar surface area (TPSA) is 60.2 Å². The van der Waals surface area contributed by atoms with Crippen LogP contribution in [-0.2, 0) is 14.4 Å². The van der Waals surface area contributed by atoms with Crippen LogP contribution in [0.5, 0.6) is 0 Å². The van der Waals surface area contributed by atoms with Crippen molar-refractivity contribution in [3.63, 3.8) is 0 Å². The fraction of sp³-hybridized carbons (Fsp3) is 0.160. The van der Waals surface area contributed by atoms with Gasteiger partial charge in [-0.3, -0.25) is 0 Å². The molecule has 1 aliphatic rings. The minimum absolute atomic E-state index is 0.193. The fourth-order valence-electron chi connectivity index (χ4n) is 3.33. The highest BCUT2D eigenvalue weighted by molar-refractivity contribution is 6.14. The van der Waals surface area contributed by atoms with Crippen molar-refractivity contribution in [3.8, 4) is 0 Å². The fourth-order valence-corrected chi connectivity index (χ4v) is 3.33. The molecule has 0 N–H and O–H groups in total. The molecule has 150 valence electrons. The number of nitrogens with zero attached hydrogens (tertiary/aromatic N) is 2. The average Bonchev–Trinajstić information content (AvgIpc) is 3.25. The van der Waals surface area contributed by atoms with E-state index in [-0.39, 0.29) is 13.0 Å². The third kappa shape index (κ3) is 4.01. The maximum Gasteiger partial charge on any atom is 0.377 e. The van der Waals surface area contributed by atoms with Crippen LogP contribution >= 0.6 is 0 Å². The third-order valence-electron chi connectivity index (χ3n) is 4.80. The van der Waals surface area contributed by atoms with Crippen LogP contribution in [0, 0.1) is 0 Å². The molecule has 0 amide bonds. The van der Waals surface area contributed by atoms with Gasteiger partial charge in [0.2, 0.25) is 0 Å². The van der Waals surface area contributed by atoms with Gasteiger partial charge in [0.1, 0.15) is 0 Å². The number of ether oxygens (including phenoxy) is 1. The van der Waals surface area contributed by atoms with Crippen molar-refractivity contribution in [3.05, 3.63) is 108 Å². The van der Waals surface area contributed by atoms with Crippen LogP contribution in [0.25, 0.3) is 0 Å². The van der Waals surface area contributed by atoms with E-state index in [4.69, 9.17) is 14.6 Å². The molecule has 0 saturated heterocycles. The summed E-state index contributed by atoms with van der Waals surface area (Å²) < 4.78 is 5.34. The first kappa shape index (κ1) is 19.6. The van der Waals surface area contributed by atoms with Gasteiger partial charge in [-0.15, -0.1) is 0 Å². The maximum atomic E-state index is 13.0. The van der Waals surface area contributed by atoms with Crippen LogP contribution in [0.2, 0.25) is 0 Å². The minimum atomic E-state index is -1.57. The highest BCUT2D eigenvalue weighted by Crippen LogP contribution is 2.31. The Balaban J connectivity index is 1.80. The van der Waals surface area contributed by atoms with Gasteiger partial charge in [-0.25, -0.2) is 9.79 Å². The molecule has 0 bridgehead atoms. The Kier molecular flexibility index (Phi) is 5.70. The van der Waals surface area contributed by atoms with Gasteiger partial charge in [-0.2, -0.15) is 0 Å². The number of hydrogen-bond donors (Lipinski definition) is 0. The first-order valence-corrected chi connectivity index (χ1v) is 9.90. The molecule has 0 radical (unpaired) electrons. The second-order valence-corrected chi connectivity index (χ2v) is 6.87. The number of esters is 1. The Hall–Kier alpha value is -3.73. The number of hydrogen-bond acceptors (Lipinski definition) is 5. The molecule has 1 unspecified atom stereocenters. The van der Waals surface area contributed by atoms with Gasteiger partial charge in [0, 0.05) is 11.1 Å². The van der Waals surface area contributed by atoms with Gasteiger partial charge < -0.3 is 9.57 Å². The van der Waals surface area contributed by atoms with Crippen LogP contribution < -0.4 is 0 Å². The molecular formula is C25H22N2O3. The monoisotopic (exact) mass is 398 g/mol. The molecule has 3 aromatic carbocycles. The molecule has 5 heteroatoms. The number of rotatable bonds is 6. The summed E-state index contributed by atoms with van der Waals surface area (Å²) in [6.45, 7) is 1.99. The summed E-state index contributed by atoms with van der Waals surface area (Å²) >= 11 is 0. The van der Waals surface area contributed by atoms with E-state index in [1.807, 2.05) is 91.0 Å². The summed E-state index contributed by atoms with van der Waals surface area (Å²) in [5, 5.41) is 4.21. The SMILES string of the molecule is CCOC(=O)C1(N=C(c2ccccc2)c2ccccc2)CC(c2ccccc2)=NO1. The predicted octanol–water partition coefficient (Wildman–Crippen LogP) is 4.61. The Labute approximate surface area is 175 Å². The quantitative estimate of drug-likeness (QED) is 0.450. The number of benzene rings is 3. The molecule has 0 spiro atoms. The second-order valence-electron chi connectivity index (χ2n) is 6.87. The molecule has 4 rings (SSSR count). The molecule has 0 aliphatic carbocycles. The molecule has 1 aliphatic heterocycles. The number of oxime groups is 1. The minimum Gasteiger partial charge on any atom is -0.461 e. The molecule has 5 nitrogen and oxygen atoms in total. The van der Waals surface area contributed by atoms with E-state index in [0.29, 0.717) is 11.4 Å². The van der Waals surface area contributed by atoms with E-state index in [1.165, 1.54) is 0 Å². The van der Waals surface area contributed by atoms with E-state index < -0.39 is 11.7 Å². The van der Waals surface area contributed by atoms with Crippen LogP contribution in [0.3, 0.4) is 0 Å². The highest BCUT2D eigenvalue weighted by atomic mass is 16.7. The van der Waals surface area contributed by atoms with E-state index in [0.717, 1.165) is 16.7 Å². The normalized spacial score (nSPS) is 17.6. The lowest BCUT2D eigenvalue weighted by molar-refractivity contribution is -0.167.